The quantitative estimate of drug-likeness (QED) is 0.645. The molecule has 1 unspecified atom stereocenters. The zero-order valence-corrected chi connectivity index (χ0v) is 18.3. The van der Waals surface area contributed by atoms with Gasteiger partial charge in [-0.3, -0.25) is 9.59 Å². The topological polar surface area (TPSA) is 101 Å². The highest BCUT2D eigenvalue weighted by Gasteiger charge is 2.30. The normalized spacial score (nSPS) is 15.1. The number of hydrogen-bond donors (Lipinski definition) is 2. The molecule has 0 aliphatic carbocycles. The van der Waals surface area contributed by atoms with Gasteiger partial charge >= 0.3 is 12.0 Å². The van der Waals surface area contributed by atoms with Crippen LogP contribution in [0, 0.1) is 5.92 Å². The van der Waals surface area contributed by atoms with Gasteiger partial charge in [0.25, 0.3) is 5.91 Å². The minimum Gasteiger partial charge on any atom is -0.452 e. The third kappa shape index (κ3) is 6.32. The number of hydrogen-bond acceptors (Lipinski definition) is 5. The Morgan fingerprint density at radius 1 is 1.13 bits per heavy atom. The second-order valence-corrected chi connectivity index (χ2v) is 7.95. The molecular formula is C21H22Cl2N4O4. The number of carbonyl (C=O) groups is 3. The molecule has 164 valence electrons. The van der Waals surface area contributed by atoms with Gasteiger partial charge in [0.15, 0.2) is 11.9 Å². The summed E-state index contributed by atoms with van der Waals surface area (Å²) in [6, 6.07) is 10.4. The van der Waals surface area contributed by atoms with Crippen molar-refractivity contribution < 1.29 is 19.1 Å². The van der Waals surface area contributed by atoms with Crippen LogP contribution >= 0.6 is 23.2 Å². The van der Waals surface area contributed by atoms with Crippen LogP contribution in [0.1, 0.15) is 19.8 Å². The van der Waals surface area contributed by atoms with Gasteiger partial charge in [-0.25, -0.2) is 9.78 Å². The highest BCUT2D eigenvalue weighted by molar-refractivity contribution is 6.36. The van der Waals surface area contributed by atoms with Crippen molar-refractivity contribution >= 4 is 52.6 Å². The van der Waals surface area contributed by atoms with Gasteiger partial charge in [-0.2, -0.15) is 0 Å². The maximum atomic E-state index is 12.5. The van der Waals surface area contributed by atoms with Gasteiger partial charge in [0.05, 0.1) is 16.0 Å². The molecule has 0 saturated carbocycles. The molecule has 2 aromatic rings. The lowest BCUT2D eigenvalue weighted by Crippen LogP contribution is -2.43. The highest BCUT2D eigenvalue weighted by Crippen LogP contribution is 2.23. The van der Waals surface area contributed by atoms with Crippen molar-refractivity contribution in [2.45, 2.75) is 25.9 Å². The second-order valence-electron chi connectivity index (χ2n) is 7.11. The molecule has 0 radical (unpaired) electrons. The number of carbonyl (C=O) groups excluding carboxylic acids is 3. The van der Waals surface area contributed by atoms with Crippen molar-refractivity contribution in [2.24, 2.45) is 5.92 Å². The number of para-hydroxylation sites is 1. The molecule has 8 nitrogen and oxygen atoms in total. The van der Waals surface area contributed by atoms with E-state index in [2.05, 4.69) is 15.6 Å². The summed E-state index contributed by atoms with van der Waals surface area (Å²) in [5, 5.41) is 5.86. The van der Waals surface area contributed by atoms with Crippen molar-refractivity contribution in [1.29, 1.82) is 0 Å². The molecule has 1 atom stereocenters. The summed E-state index contributed by atoms with van der Waals surface area (Å²) in [5.41, 5.74) is 0.712. The molecule has 1 aliphatic rings. The van der Waals surface area contributed by atoms with Gasteiger partial charge in [0.1, 0.15) is 0 Å². The van der Waals surface area contributed by atoms with Gasteiger partial charge in [0, 0.05) is 25.0 Å². The molecule has 10 heteroatoms. The SMILES string of the molecule is CC(OC(=O)C1CCN(C(=O)Nc2ccccc2)CC1)C(=O)Nc1ncc(Cl)cc1Cl. The van der Waals surface area contributed by atoms with Gasteiger partial charge in [-0.1, -0.05) is 41.4 Å². The van der Waals surface area contributed by atoms with Crippen molar-refractivity contribution in [3.63, 3.8) is 0 Å². The van der Waals surface area contributed by atoms with Crippen molar-refractivity contribution in [2.75, 3.05) is 23.7 Å². The van der Waals surface area contributed by atoms with E-state index in [9.17, 15) is 14.4 Å². The molecule has 1 aromatic carbocycles. The predicted octanol–water partition coefficient (Wildman–Crippen LogP) is 4.20. The second kappa shape index (κ2) is 10.5. The number of aromatic nitrogens is 1. The lowest BCUT2D eigenvalue weighted by Gasteiger charge is -2.31. The lowest BCUT2D eigenvalue weighted by molar-refractivity contribution is -0.158. The van der Waals surface area contributed by atoms with Gasteiger partial charge in [-0.05, 0) is 38.0 Å². The first-order chi connectivity index (χ1) is 14.8. The third-order valence-electron chi connectivity index (χ3n) is 4.85. The number of likely N-dealkylation sites (tertiary alicyclic amines) is 1. The first kappa shape index (κ1) is 22.8. The average Bonchev–Trinajstić information content (AvgIpc) is 2.76. The zero-order chi connectivity index (χ0) is 22.4. The Kier molecular flexibility index (Phi) is 7.70. The summed E-state index contributed by atoms with van der Waals surface area (Å²) in [7, 11) is 0. The van der Waals surface area contributed by atoms with Crippen LogP contribution in [-0.2, 0) is 14.3 Å². The molecule has 2 N–H and O–H groups in total. The maximum Gasteiger partial charge on any atom is 0.321 e. The van der Waals surface area contributed by atoms with Crippen LogP contribution in [0.3, 0.4) is 0 Å². The van der Waals surface area contributed by atoms with Crippen LogP contribution in [0.4, 0.5) is 16.3 Å². The van der Waals surface area contributed by atoms with Crippen LogP contribution in [0.2, 0.25) is 10.0 Å². The molecule has 3 amide bonds. The number of benzene rings is 1. The fraction of sp³-hybridized carbons (Fsp3) is 0.333. The van der Waals surface area contributed by atoms with Gasteiger partial charge in [-0.15, -0.1) is 0 Å². The Bertz CT molecular complexity index is 950. The van der Waals surface area contributed by atoms with E-state index in [1.165, 1.54) is 19.2 Å². The minimum atomic E-state index is -1.03. The van der Waals surface area contributed by atoms with E-state index in [0.29, 0.717) is 36.6 Å². The molecule has 1 fully saturated rings. The highest BCUT2D eigenvalue weighted by atomic mass is 35.5. The Morgan fingerprint density at radius 3 is 2.45 bits per heavy atom. The smallest absolute Gasteiger partial charge is 0.321 e. The fourth-order valence-corrected chi connectivity index (χ4v) is 3.52. The minimum absolute atomic E-state index is 0.136. The van der Waals surface area contributed by atoms with E-state index in [1.807, 2.05) is 18.2 Å². The molecule has 1 aromatic heterocycles. The number of piperidine rings is 1. The molecule has 3 rings (SSSR count). The first-order valence-electron chi connectivity index (χ1n) is 9.77. The average molecular weight is 465 g/mol. The van der Waals surface area contributed by atoms with E-state index < -0.39 is 18.0 Å². The molecule has 0 spiro atoms. The number of urea groups is 1. The van der Waals surface area contributed by atoms with E-state index in [-0.39, 0.29) is 22.8 Å². The van der Waals surface area contributed by atoms with Crippen LogP contribution in [-0.4, -0.2) is 47.0 Å². The fourth-order valence-electron chi connectivity index (χ4n) is 3.09. The number of nitrogens with one attached hydrogen (secondary N) is 2. The molecule has 1 saturated heterocycles. The largest absolute Gasteiger partial charge is 0.452 e. The molecule has 2 heterocycles. The predicted molar refractivity (Wildman–Crippen MR) is 118 cm³/mol. The summed E-state index contributed by atoms with van der Waals surface area (Å²) in [6.07, 6.45) is 1.24. The number of pyridine rings is 1. The standard InChI is InChI=1S/C21H22Cl2N4O4/c1-13(19(28)26-18-17(23)11-15(22)12-24-18)31-20(29)14-7-9-27(10-8-14)21(30)25-16-5-3-2-4-6-16/h2-6,11-14H,7-10H2,1H3,(H,25,30)(H,24,26,28). The molecule has 31 heavy (non-hydrogen) atoms. The van der Waals surface area contributed by atoms with E-state index in [1.54, 1.807) is 17.0 Å². The number of amides is 3. The summed E-state index contributed by atoms with van der Waals surface area (Å²) in [4.78, 5) is 42.7. The number of ether oxygens (including phenoxy) is 1. The number of esters is 1. The Hall–Kier alpha value is -2.84. The van der Waals surface area contributed by atoms with Crippen LogP contribution < -0.4 is 10.6 Å². The van der Waals surface area contributed by atoms with Gasteiger partial charge in [0.2, 0.25) is 0 Å². The summed E-state index contributed by atoms with van der Waals surface area (Å²) in [6.45, 7) is 2.31. The summed E-state index contributed by atoms with van der Waals surface area (Å²) in [5.74, 6) is -1.27. The number of nitrogens with zero attached hydrogens (tertiary/aromatic N) is 2. The first-order valence-corrected chi connectivity index (χ1v) is 10.5. The summed E-state index contributed by atoms with van der Waals surface area (Å²) < 4.78 is 5.31. The summed E-state index contributed by atoms with van der Waals surface area (Å²) >= 11 is 11.8. The Labute approximate surface area is 189 Å². The zero-order valence-electron chi connectivity index (χ0n) is 16.8. The van der Waals surface area contributed by atoms with E-state index in [4.69, 9.17) is 27.9 Å². The van der Waals surface area contributed by atoms with Crippen LogP contribution in [0.5, 0.6) is 0 Å². The molecular weight excluding hydrogens is 443 g/mol. The number of anilines is 2. The van der Waals surface area contributed by atoms with E-state index in [0.717, 1.165) is 0 Å². The Morgan fingerprint density at radius 2 is 1.81 bits per heavy atom. The van der Waals surface area contributed by atoms with Crippen molar-refractivity contribution in [3.05, 3.63) is 52.6 Å². The molecule has 0 bridgehead atoms. The van der Waals surface area contributed by atoms with Crippen molar-refractivity contribution in [3.8, 4) is 0 Å². The Balaban J connectivity index is 1.45. The van der Waals surface area contributed by atoms with Crippen molar-refractivity contribution in [1.82, 2.24) is 9.88 Å². The van der Waals surface area contributed by atoms with Crippen LogP contribution in [0.15, 0.2) is 42.6 Å². The maximum absolute atomic E-state index is 12.5. The third-order valence-corrected chi connectivity index (χ3v) is 5.35. The van der Waals surface area contributed by atoms with E-state index >= 15 is 0 Å². The number of halogens is 2. The lowest BCUT2D eigenvalue weighted by atomic mass is 9.97. The number of rotatable bonds is 5. The molecule has 1 aliphatic heterocycles. The van der Waals surface area contributed by atoms with Crippen LogP contribution in [0.25, 0.3) is 0 Å². The van der Waals surface area contributed by atoms with Gasteiger partial charge < -0.3 is 20.3 Å². The monoisotopic (exact) mass is 464 g/mol.